The quantitative estimate of drug-likeness (QED) is 0.693. The fraction of sp³-hybridized carbons (Fsp3) is 0.682. The van der Waals surface area contributed by atoms with Gasteiger partial charge in [-0.2, -0.15) is 4.31 Å². The maximum absolute atomic E-state index is 13.4. The Morgan fingerprint density at radius 3 is 2.47 bits per heavy atom. The van der Waals surface area contributed by atoms with Crippen LogP contribution in [-0.4, -0.2) is 61.4 Å². The lowest BCUT2D eigenvalue weighted by Gasteiger charge is -2.44. The molecular formula is C22H31ClN2O4S. The first-order valence-corrected chi connectivity index (χ1v) is 12.9. The first-order valence-electron chi connectivity index (χ1n) is 11.0. The van der Waals surface area contributed by atoms with Crippen LogP contribution < -0.4 is 0 Å². The number of carbonyl (C=O) groups excluding carboxylic acids is 1. The van der Waals surface area contributed by atoms with Crippen LogP contribution >= 0.6 is 11.6 Å². The zero-order chi connectivity index (χ0) is 21.5. The average Bonchev–Trinajstić information content (AvgIpc) is 2.72. The Morgan fingerprint density at radius 1 is 1.07 bits per heavy atom. The van der Waals surface area contributed by atoms with Crippen LogP contribution in [0.4, 0.5) is 0 Å². The minimum atomic E-state index is -3.82. The second kappa shape index (κ2) is 8.77. The Hall–Kier alpha value is -1.15. The third kappa shape index (κ3) is 4.27. The van der Waals surface area contributed by atoms with Crippen LogP contribution in [0, 0.1) is 5.92 Å². The third-order valence-corrected chi connectivity index (χ3v) is 9.00. The topological polar surface area (TPSA) is 66.9 Å². The predicted octanol–water partition coefficient (Wildman–Crippen LogP) is 3.93. The van der Waals surface area contributed by atoms with E-state index in [2.05, 4.69) is 0 Å². The number of fused-ring (bicyclic) bond motifs is 1. The molecule has 6 nitrogen and oxygen atoms in total. The van der Waals surface area contributed by atoms with Gasteiger partial charge >= 0.3 is 0 Å². The van der Waals surface area contributed by atoms with Crippen molar-refractivity contribution in [3.8, 4) is 0 Å². The van der Waals surface area contributed by atoms with Gasteiger partial charge in [-0.1, -0.05) is 24.4 Å². The fourth-order valence-corrected chi connectivity index (χ4v) is 7.43. The number of hydrogen-bond acceptors (Lipinski definition) is 4. The molecule has 2 saturated heterocycles. The van der Waals surface area contributed by atoms with Crippen molar-refractivity contribution in [3.63, 3.8) is 0 Å². The first kappa shape index (κ1) is 22.1. The lowest BCUT2D eigenvalue weighted by molar-refractivity contribution is -0.0440. The Bertz CT molecular complexity index is 894. The summed E-state index contributed by atoms with van der Waals surface area (Å²) >= 11 is 6.31. The fourth-order valence-electron chi connectivity index (χ4n) is 5.34. The molecule has 0 aromatic heterocycles. The highest BCUT2D eigenvalue weighted by Crippen LogP contribution is 2.36. The minimum Gasteiger partial charge on any atom is -0.373 e. The Kier molecular flexibility index (Phi) is 6.45. The number of likely N-dealkylation sites (tertiary alicyclic amines) is 1. The van der Waals surface area contributed by atoms with Crippen LogP contribution in [0.5, 0.6) is 0 Å². The van der Waals surface area contributed by atoms with E-state index >= 15 is 0 Å². The lowest BCUT2D eigenvalue weighted by Crippen LogP contribution is -2.49. The van der Waals surface area contributed by atoms with Crippen molar-refractivity contribution in [2.24, 2.45) is 5.92 Å². The summed E-state index contributed by atoms with van der Waals surface area (Å²) in [5.41, 5.74) is 0.401. The molecule has 1 aliphatic carbocycles. The number of carbonyl (C=O) groups is 1. The summed E-state index contributed by atoms with van der Waals surface area (Å²) < 4.78 is 33.8. The molecule has 0 N–H and O–H groups in total. The van der Waals surface area contributed by atoms with Crippen molar-refractivity contribution in [1.82, 2.24) is 9.21 Å². The van der Waals surface area contributed by atoms with Crippen molar-refractivity contribution in [3.05, 3.63) is 28.8 Å². The van der Waals surface area contributed by atoms with E-state index < -0.39 is 10.0 Å². The van der Waals surface area contributed by atoms with Gasteiger partial charge in [0.05, 0.1) is 17.2 Å². The zero-order valence-corrected chi connectivity index (χ0v) is 19.3. The van der Waals surface area contributed by atoms with Crippen molar-refractivity contribution < 1.29 is 17.9 Å². The van der Waals surface area contributed by atoms with E-state index in [1.807, 2.05) is 18.7 Å². The van der Waals surface area contributed by atoms with E-state index in [4.69, 9.17) is 16.3 Å². The summed E-state index contributed by atoms with van der Waals surface area (Å²) in [6, 6.07) is 4.94. The second-order valence-corrected chi connectivity index (χ2v) is 11.3. The number of hydrogen-bond donors (Lipinski definition) is 0. The highest BCUT2D eigenvalue weighted by atomic mass is 35.5. The molecule has 1 aromatic carbocycles. The molecule has 8 heteroatoms. The highest BCUT2D eigenvalue weighted by Gasteiger charge is 2.37. The number of nitrogens with zero attached hydrogens (tertiary/aromatic N) is 2. The lowest BCUT2D eigenvalue weighted by atomic mass is 9.78. The Labute approximate surface area is 184 Å². The molecule has 166 valence electrons. The van der Waals surface area contributed by atoms with Crippen LogP contribution in [0.3, 0.4) is 0 Å². The van der Waals surface area contributed by atoms with Crippen LogP contribution in [0.1, 0.15) is 62.7 Å². The van der Waals surface area contributed by atoms with E-state index in [1.54, 1.807) is 6.07 Å². The summed E-state index contributed by atoms with van der Waals surface area (Å²) in [6.45, 7) is 5.00. The van der Waals surface area contributed by atoms with E-state index in [0.29, 0.717) is 11.5 Å². The van der Waals surface area contributed by atoms with Gasteiger partial charge in [0.2, 0.25) is 10.0 Å². The number of rotatable bonds is 3. The molecule has 30 heavy (non-hydrogen) atoms. The number of halogens is 1. The highest BCUT2D eigenvalue weighted by molar-refractivity contribution is 7.89. The molecular weight excluding hydrogens is 424 g/mol. The molecule has 3 fully saturated rings. The first-order chi connectivity index (χ1) is 14.3. The average molecular weight is 455 g/mol. The smallest absolute Gasteiger partial charge is 0.254 e. The standard InChI is InChI=1S/C22H31ClN2O4S/c1-15-13-24(14-16(2)29-15)30(27,28)21-12-18(9-10-19(21)23)22(26)25-11-5-7-17-6-3-4-8-20(17)25/h9-10,12,15-17,20H,3-8,11,13-14H2,1-2H3. The monoisotopic (exact) mass is 454 g/mol. The van der Waals surface area contributed by atoms with Crippen molar-refractivity contribution in [1.29, 1.82) is 0 Å². The number of ether oxygens (including phenoxy) is 1. The summed E-state index contributed by atoms with van der Waals surface area (Å²) in [6.07, 6.45) is 6.42. The van der Waals surface area contributed by atoms with Gasteiger partial charge in [0.25, 0.3) is 5.91 Å². The molecule has 1 aromatic rings. The Balaban J connectivity index is 1.62. The van der Waals surface area contributed by atoms with Gasteiger partial charge in [0.1, 0.15) is 4.90 Å². The number of amides is 1. The Morgan fingerprint density at radius 2 is 1.73 bits per heavy atom. The third-order valence-electron chi connectivity index (χ3n) is 6.69. The molecule has 4 rings (SSSR count). The van der Waals surface area contributed by atoms with E-state index in [9.17, 15) is 13.2 Å². The van der Waals surface area contributed by atoms with Crippen LogP contribution in [0.2, 0.25) is 5.02 Å². The largest absolute Gasteiger partial charge is 0.373 e. The van der Waals surface area contributed by atoms with Crippen molar-refractivity contribution in [2.45, 2.75) is 75.5 Å². The number of piperidine rings is 1. The van der Waals surface area contributed by atoms with Gasteiger partial charge < -0.3 is 9.64 Å². The second-order valence-electron chi connectivity index (χ2n) is 8.98. The SMILES string of the molecule is CC1CN(S(=O)(=O)c2cc(C(=O)N3CCCC4CCCCC43)ccc2Cl)CC(C)O1. The molecule has 2 heterocycles. The molecule has 2 aliphatic heterocycles. The van der Waals surface area contributed by atoms with Crippen LogP contribution in [0.25, 0.3) is 0 Å². The molecule has 4 unspecified atom stereocenters. The zero-order valence-electron chi connectivity index (χ0n) is 17.7. The molecule has 3 aliphatic rings. The normalized spacial score (nSPS) is 30.7. The summed E-state index contributed by atoms with van der Waals surface area (Å²) in [4.78, 5) is 15.4. The maximum atomic E-state index is 13.4. The van der Waals surface area contributed by atoms with E-state index in [-0.39, 0.29) is 47.2 Å². The number of morpholine rings is 1. The minimum absolute atomic E-state index is 0.00789. The van der Waals surface area contributed by atoms with Crippen molar-refractivity contribution >= 4 is 27.5 Å². The maximum Gasteiger partial charge on any atom is 0.254 e. The van der Waals surface area contributed by atoms with Gasteiger partial charge in [-0.25, -0.2) is 8.42 Å². The van der Waals surface area contributed by atoms with Crippen LogP contribution in [0.15, 0.2) is 23.1 Å². The predicted molar refractivity (Wildman–Crippen MR) is 116 cm³/mol. The van der Waals surface area contributed by atoms with E-state index in [0.717, 1.165) is 25.8 Å². The molecule has 0 spiro atoms. The summed E-state index contributed by atoms with van der Waals surface area (Å²) in [7, 11) is -3.82. The molecule has 1 saturated carbocycles. The van der Waals surface area contributed by atoms with E-state index in [1.165, 1.54) is 35.7 Å². The molecule has 0 bridgehead atoms. The summed E-state index contributed by atoms with van der Waals surface area (Å²) in [5.74, 6) is 0.492. The van der Waals surface area contributed by atoms with Gasteiger partial charge in [-0.3, -0.25) is 4.79 Å². The van der Waals surface area contributed by atoms with Crippen LogP contribution in [-0.2, 0) is 14.8 Å². The molecule has 0 radical (unpaired) electrons. The van der Waals surface area contributed by atoms with Gasteiger partial charge in [0.15, 0.2) is 0 Å². The number of sulfonamides is 1. The number of benzene rings is 1. The molecule has 4 atom stereocenters. The van der Waals surface area contributed by atoms with Gasteiger partial charge in [-0.05, 0) is 63.6 Å². The summed E-state index contributed by atoms with van der Waals surface area (Å²) in [5, 5.41) is 0.146. The van der Waals surface area contributed by atoms with Crippen molar-refractivity contribution in [2.75, 3.05) is 19.6 Å². The van der Waals surface area contributed by atoms with Gasteiger partial charge in [0, 0.05) is 31.2 Å². The van der Waals surface area contributed by atoms with Gasteiger partial charge in [-0.15, -0.1) is 0 Å². The molecule has 1 amide bonds.